The van der Waals surface area contributed by atoms with Crippen LogP contribution in [0.25, 0.3) is 0 Å². The van der Waals surface area contributed by atoms with Crippen molar-refractivity contribution in [3.05, 3.63) is 5.89 Å². The van der Waals surface area contributed by atoms with Gasteiger partial charge in [-0.05, 0) is 19.3 Å². The minimum atomic E-state index is -0.198. The second kappa shape index (κ2) is 4.61. The van der Waals surface area contributed by atoms with Gasteiger partial charge in [0, 0.05) is 12.5 Å². The first-order valence-electron chi connectivity index (χ1n) is 5.59. The lowest BCUT2D eigenvalue weighted by molar-refractivity contribution is -0.119. The predicted octanol–water partition coefficient (Wildman–Crippen LogP) is 0.870. The molecule has 16 heavy (non-hydrogen) atoms. The molecule has 0 spiro atoms. The molecular formula is C10H16N4O2. The molecule has 0 saturated heterocycles. The number of nitrogens with zero attached hydrogens (tertiary/aromatic N) is 2. The maximum absolute atomic E-state index is 11.7. The maximum Gasteiger partial charge on any atom is 0.322 e. The van der Waals surface area contributed by atoms with E-state index in [1.165, 1.54) is 0 Å². The van der Waals surface area contributed by atoms with Gasteiger partial charge in [-0.15, -0.1) is 5.10 Å². The number of nitrogens with two attached hydrogens (primary N) is 1. The molecule has 1 aliphatic rings. The molecular weight excluding hydrogens is 208 g/mol. The Morgan fingerprint density at radius 3 is 2.94 bits per heavy atom. The van der Waals surface area contributed by atoms with E-state index < -0.39 is 0 Å². The Balaban J connectivity index is 1.94. The van der Waals surface area contributed by atoms with Crippen LogP contribution >= 0.6 is 0 Å². The van der Waals surface area contributed by atoms with Crippen LogP contribution in [0.3, 0.4) is 0 Å². The van der Waals surface area contributed by atoms with E-state index in [0.717, 1.165) is 12.8 Å². The van der Waals surface area contributed by atoms with Gasteiger partial charge in [0.1, 0.15) is 0 Å². The summed E-state index contributed by atoms with van der Waals surface area (Å²) in [6, 6.07) is 0.179. The van der Waals surface area contributed by atoms with Crippen molar-refractivity contribution in [2.24, 2.45) is 11.7 Å². The minimum absolute atomic E-state index is 0.156. The van der Waals surface area contributed by atoms with Crippen LogP contribution in [0.2, 0.25) is 0 Å². The first-order chi connectivity index (χ1) is 7.74. The van der Waals surface area contributed by atoms with Crippen molar-refractivity contribution in [2.75, 3.05) is 11.9 Å². The molecule has 1 fully saturated rings. The molecule has 1 saturated carbocycles. The van der Waals surface area contributed by atoms with E-state index in [0.29, 0.717) is 24.8 Å². The summed E-state index contributed by atoms with van der Waals surface area (Å²) in [5, 5.41) is 10.2. The highest BCUT2D eigenvalue weighted by Gasteiger charge is 2.29. The number of aromatic nitrogens is 2. The van der Waals surface area contributed by atoms with Crippen molar-refractivity contribution in [3.8, 4) is 0 Å². The number of rotatable bonds is 5. The normalized spacial score (nSPS) is 17.1. The van der Waals surface area contributed by atoms with Crippen molar-refractivity contribution < 1.29 is 9.21 Å². The molecule has 0 aliphatic heterocycles. The molecule has 1 amide bonds. The first kappa shape index (κ1) is 11.1. The van der Waals surface area contributed by atoms with E-state index in [9.17, 15) is 4.79 Å². The van der Waals surface area contributed by atoms with Gasteiger partial charge in [-0.2, -0.15) is 0 Å². The van der Waals surface area contributed by atoms with Crippen LogP contribution in [0.5, 0.6) is 0 Å². The number of carbonyl (C=O) groups excluding carboxylic acids is 1. The second-order valence-corrected chi connectivity index (χ2v) is 4.05. The van der Waals surface area contributed by atoms with E-state index >= 15 is 0 Å². The molecule has 3 N–H and O–H groups in total. The Morgan fingerprint density at radius 1 is 1.62 bits per heavy atom. The number of nitrogens with one attached hydrogen (secondary N) is 1. The van der Waals surface area contributed by atoms with Crippen molar-refractivity contribution in [1.29, 1.82) is 0 Å². The Kier molecular flexibility index (Phi) is 3.19. The van der Waals surface area contributed by atoms with E-state index in [-0.39, 0.29) is 17.8 Å². The van der Waals surface area contributed by atoms with Crippen LogP contribution < -0.4 is 11.1 Å². The van der Waals surface area contributed by atoms with Gasteiger partial charge < -0.3 is 10.2 Å². The molecule has 1 heterocycles. The van der Waals surface area contributed by atoms with Gasteiger partial charge in [0.05, 0.1) is 5.92 Å². The first-order valence-corrected chi connectivity index (χ1v) is 5.59. The molecule has 1 unspecified atom stereocenters. The van der Waals surface area contributed by atoms with Crippen molar-refractivity contribution in [1.82, 2.24) is 10.2 Å². The van der Waals surface area contributed by atoms with Gasteiger partial charge in [-0.1, -0.05) is 12.0 Å². The summed E-state index contributed by atoms with van der Waals surface area (Å²) in [6.45, 7) is 2.24. The summed E-state index contributed by atoms with van der Waals surface area (Å²) in [7, 11) is 0. The van der Waals surface area contributed by atoms with E-state index in [1.807, 2.05) is 6.92 Å². The number of anilines is 1. The third-order valence-electron chi connectivity index (χ3n) is 2.75. The summed E-state index contributed by atoms with van der Waals surface area (Å²) < 4.78 is 5.32. The lowest BCUT2D eigenvalue weighted by atomic mass is 10.1. The largest absolute Gasteiger partial charge is 0.408 e. The van der Waals surface area contributed by atoms with Crippen LogP contribution in [0.4, 0.5) is 6.01 Å². The fourth-order valence-corrected chi connectivity index (χ4v) is 1.45. The second-order valence-electron chi connectivity index (χ2n) is 4.05. The van der Waals surface area contributed by atoms with Crippen LogP contribution in [-0.2, 0) is 4.79 Å². The van der Waals surface area contributed by atoms with Crippen LogP contribution in [-0.4, -0.2) is 22.6 Å². The maximum atomic E-state index is 11.7. The number of carbonyl (C=O) groups is 1. The smallest absolute Gasteiger partial charge is 0.322 e. The molecule has 1 aromatic heterocycles. The van der Waals surface area contributed by atoms with Crippen LogP contribution in [0.15, 0.2) is 4.42 Å². The van der Waals surface area contributed by atoms with Crippen molar-refractivity contribution >= 4 is 11.9 Å². The summed E-state index contributed by atoms with van der Waals surface area (Å²) in [5.41, 5.74) is 5.47. The molecule has 6 heteroatoms. The molecule has 0 radical (unpaired) electrons. The standard InChI is InChI=1S/C10H16N4O2/c1-2-6(5-11)8(15)12-10-14-13-9(16-10)7-3-4-7/h6-7H,2-5,11H2,1H3,(H,12,14,15). The summed E-state index contributed by atoms with van der Waals surface area (Å²) in [6.07, 6.45) is 2.89. The highest BCUT2D eigenvalue weighted by Crippen LogP contribution is 2.39. The molecule has 1 atom stereocenters. The molecule has 2 rings (SSSR count). The van der Waals surface area contributed by atoms with Gasteiger partial charge in [0.2, 0.25) is 11.8 Å². The van der Waals surface area contributed by atoms with E-state index in [1.54, 1.807) is 0 Å². The zero-order valence-electron chi connectivity index (χ0n) is 9.27. The molecule has 0 bridgehead atoms. The number of hydrogen-bond donors (Lipinski definition) is 2. The summed E-state index contributed by atoms with van der Waals surface area (Å²) in [4.78, 5) is 11.7. The fraction of sp³-hybridized carbons (Fsp3) is 0.700. The third kappa shape index (κ3) is 2.38. The van der Waals surface area contributed by atoms with Gasteiger partial charge in [0.25, 0.3) is 0 Å². The Morgan fingerprint density at radius 2 is 2.38 bits per heavy atom. The topological polar surface area (TPSA) is 94.0 Å². The Labute approximate surface area is 93.6 Å². The third-order valence-corrected chi connectivity index (χ3v) is 2.75. The fourth-order valence-electron chi connectivity index (χ4n) is 1.45. The van der Waals surface area contributed by atoms with Crippen LogP contribution in [0.1, 0.15) is 38.0 Å². The number of amides is 1. The van der Waals surface area contributed by atoms with Crippen molar-refractivity contribution in [3.63, 3.8) is 0 Å². The van der Waals surface area contributed by atoms with Crippen molar-refractivity contribution in [2.45, 2.75) is 32.1 Å². The zero-order valence-corrected chi connectivity index (χ0v) is 9.27. The van der Waals surface area contributed by atoms with Gasteiger partial charge in [-0.3, -0.25) is 10.1 Å². The highest BCUT2D eigenvalue weighted by atomic mass is 16.4. The quantitative estimate of drug-likeness (QED) is 0.773. The van der Waals surface area contributed by atoms with E-state index in [4.69, 9.17) is 10.2 Å². The predicted molar refractivity (Wildman–Crippen MR) is 57.7 cm³/mol. The van der Waals surface area contributed by atoms with Gasteiger partial charge in [0.15, 0.2) is 0 Å². The van der Waals surface area contributed by atoms with Gasteiger partial charge >= 0.3 is 6.01 Å². The Hall–Kier alpha value is -1.43. The zero-order chi connectivity index (χ0) is 11.5. The average Bonchev–Trinajstić information content (AvgIpc) is 3.02. The minimum Gasteiger partial charge on any atom is -0.408 e. The highest BCUT2D eigenvalue weighted by molar-refractivity contribution is 5.90. The van der Waals surface area contributed by atoms with Crippen LogP contribution in [0, 0.1) is 5.92 Å². The monoisotopic (exact) mass is 224 g/mol. The Bertz CT molecular complexity index is 369. The average molecular weight is 224 g/mol. The molecule has 0 aromatic carbocycles. The lowest BCUT2D eigenvalue weighted by Crippen LogP contribution is -2.28. The number of hydrogen-bond acceptors (Lipinski definition) is 5. The van der Waals surface area contributed by atoms with E-state index in [2.05, 4.69) is 15.5 Å². The molecule has 6 nitrogen and oxygen atoms in total. The summed E-state index contributed by atoms with van der Waals surface area (Å²) >= 11 is 0. The lowest BCUT2D eigenvalue weighted by Gasteiger charge is -2.09. The van der Waals surface area contributed by atoms with Gasteiger partial charge in [-0.25, -0.2) is 0 Å². The molecule has 88 valence electrons. The molecule has 1 aromatic rings. The molecule has 1 aliphatic carbocycles. The SMILES string of the molecule is CCC(CN)C(=O)Nc1nnc(C2CC2)o1. The summed E-state index contributed by atoms with van der Waals surface area (Å²) in [5.74, 6) is 0.665.